The fourth-order valence-corrected chi connectivity index (χ4v) is 2.98. The highest BCUT2D eigenvalue weighted by Gasteiger charge is 2.19. The molecule has 1 aliphatic rings. The van der Waals surface area contributed by atoms with Crippen molar-refractivity contribution in [2.75, 3.05) is 36.5 Å². The summed E-state index contributed by atoms with van der Waals surface area (Å²) in [7, 11) is 0. The number of hydrogen-bond donors (Lipinski definition) is 1. The third-order valence-corrected chi connectivity index (χ3v) is 4.22. The van der Waals surface area contributed by atoms with Gasteiger partial charge in [-0.15, -0.1) is 0 Å². The lowest BCUT2D eigenvalue weighted by atomic mass is 10.2. The summed E-state index contributed by atoms with van der Waals surface area (Å²) < 4.78 is 5.41. The third kappa shape index (κ3) is 3.47. The zero-order valence-electron chi connectivity index (χ0n) is 13.5. The van der Waals surface area contributed by atoms with Gasteiger partial charge >= 0.3 is 0 Å². The molecule has 0 radical (unpaired) electrons. The summed E-state index contributed by atoms with van der Waals surface area (Å²) in [5.74, 6) is 1.37. The van der Waals surface area contributed by atoms with E-state index in [1.165, 1.54) is 6.33 Å². The van der Waals surface area contributed by atoms with Gasteiger partial charge in [-0.25, -0.2) is 15.0 Å². The molecule has 0 spiro atoms. The van der Waals surface area contributed by atoms with E-state index in [0.29, 0.717) is 36.6 Å². The fourth-order valence-electron chi connectivity index (χ4n) is 2.81. The van der Waals surface area contributed by atoms with Gasteiger partial charge in [0.1, 0.15) is 17.4 Å². The van der Waals surface area contributed by atoms with Crippen LogP contribution in [0.15, 0.2) is 36.7 Å². The second-order valence-electron chi connectivity index (χ2n) is 5.67. The molecule has 3 heterocycles. The van der Waals surface area contributed by atoms with E-state index in [2.05, 4.69) is 42.3 Å². The van der Waals surface area contributed by atoms with Gasteiger partial charge in [0.15, 0.2) is 11.6 Å². The van der Waals surface area contributed by atoms with E-state index in [1.807, 2.05) is 18.2 Å². The Bertz CT molecular complexity index is 870. The van der Waals surface area contributed by atoms with Crippen LogP contribution < -0.4 is 10.2 Å². The SMILES string of the molecule is Clc1nc(N2CCOCC2)c2ncnc(NCc3ccccc3)c2n1. The summed E-state index contributed by atoms with van der Waals surface area (Å²) in [5.41, 5.74) is 2.47. The highest BCUT2D eigenvalue weighted by atomic mass is 35.5. The lowest BCUT2D eigenvalue weighted by molar-refractivity contribution is 0.122. The number of nitrogens with zero attached hydrogens (tertiary/aromatic N) is 5. The molecule has 0 amide bonds. The van der Waals surface area contributed by atoms with Crippen LogP contribution in [0.5, 0.6) is 0 Å². The predicted molar refractivity (Wildman–Crippen MR) is 96.9 cm³/mol. The Morgan fingerprint density at radius 1 is 1.04 bits per heavy atom. The topological polar surface area (TPSA) is 76.1 Å². The van der Waals surface area contributed by atoms with Gasteiger partial charge < -0.3 is 15.0 Å². The Morgan fingerprint density at radius 2 is 1.84 bits per heavy atom. The van der Waals surface area contributed by atoms with E-state index in [0.717, 1.165) is 24.5 Å². The van der Waals surface area contributed by atoms with Crippen molar-refractivity contribution in [3.63, 3.8) is 0 Å². The molecule has 3 aromatic rings. The number of halogens is 1. The van der Waals surface area contributed by atoms with Crippen molar-refractivity contribution in [3.8, 4) is 0 Å². The molecule has 25 heavy (non-hydrogen) atoms. The van der Waals surface area contributed by atoms with E-state index < -0.39 is 0 Å². The first-order valence-electron chi connectivity index (χ1n) is 8.10. The maximum absolute atomic E-state index is 6.17. The number of hydrogen-bond acceptors (Lipinski definition) is 7. The lowest BCUT2D eigenvalue weighted by Crippen LogP contribution is -2.37. The maximum Gasteiger partial charge on any atom is 0.225 e. The maximum atomic E-state index is 6.17. The summed E-state index contributed by atoms with van der Waals surface area (Å²) in [5, 5.41) is 3.50. The molecule has 1 saturated heterocycles. The van der Waals surface area contributed by atoms with Gasteiger partial charge in [0.2, 0.25) is 5.28 Å². The van der Waals surface area contributed by atoms with Crippen LogP contribution in [0.1, 0.15) is 5.56 Å². The number of nitrogens with one attached hydrogen (secondary N) is 1. The molecule has 4 rings (SSSR count). The molecule has 0 atom stereocenters. The number of morpholine rings is 1. The molecule has 1 fully saturated rings. The minimum absolute atomic E-state index is 0.187. The van der Waals surface area contributed by atoms with Crippen LogP contribution in [-0.2, 0) is 11.3 Å². The van der Waals surface area contributed by atoms with Crippen LogP contribution in [0.25, 0.3) is 11.0 Å². The van der Waals surface area contributed by atoms with Crippen molar-refractivity contribution in [3.05, 3.63) is 47.5 Å². The molecule has 1 aromatic carbocycles. The van der Waals surface area contributed by atoms with Crippen molar-refractivity contribution >= 4 is 34.3 Å². The van der Waals surface area contributed by atoms with Crippen molar-refractivity contribution in [1.82, 2.24) is 19.9 Å². The van der Waals surface area contributed by atoms with E-state index in [-0.39, 0.29) is 5.28 Å². The monoisotopic (exact) mass is 356 g/mol. The van der Waals surface area contributed by atoms with Crippen molar-refractivity contribution in [2.45, 2.75) is 6.54 Å². The van der Waals surface area contributed by atoms with Crippen LogP contribution in [0.3, 0.4) is 0 Å². The van der Waals surface area contributed by atoms with Gasteiger partial charge in [-0.1, -0.05) is 30.3 Å². The summed E-state index contributed by atoms with van der Waals surface area (Å²) in [6.45, 7) is 3.46. The Labute approximate surface area is 150 Å². The second kappa shape index (κ2) is 7.16. The van der Waals surface area contributed by atoms with Crippen LogP contribution in [0.2, 0.25) is 5.28 Å². The van der Waals surface area contributed by atoms with Crippen LogP contribution in [0, 0.1) is 0 Å². The fraction of sp³-hybridized carbons (Fsp3) is 0.294. The molecular formula is C17H17ClN6O. The van der Waals surface area contributed by atoms with Crippen LogP contribution in [0.4, 0.5) is 11.6 Å². The van der Waals surface area contributed by atoms with Crippen molar-refractivity contribution < 1.29 is 4.74 Å². The van der Waals surface area contributed by atoms with Gasteiger partial charge in [0.25, 0.3) is 0 Å². The Morgan fingerprint density at radius 3 is 2.64 bits per heavy atom. The standard InChI is InChI=1S/C17H17ClN6O/c18-17-22-13-14(16(23-17)24-6-8-25-9-7-24)20-11-21-15(13)19-10-12-4-2-1-3-5-12/h1-5,11H,6-10H2,(H,19,20,21). The van der Waals surface area contributed by atoms with E-state index in [1.54, 1.807) is 0 Å². The zero-order chi connectivity index (χ0) is 17.1. The van der Waals surface area contributed by atoms with Crippen LogP contribution in [-0.4, -0.2) is 46.2 Å². The minimum atomic E-state index is 0.187. The van der Waals surface area contributed by atoms with Crippen molar-refractivity contribution in [1.29, 1.82) is 0 Å². The summed E-state index contributed by atoms with van der Waals surface area (Å²) in [6, 6.07) is 10.1. The number of aromatic nitrogens is 4. The quantitative estimate of drug-likeness (QED) is 0.720. The second-order valence-corrected chi connectivity index (χ2v) is 6.01. The van der Waals surface area contributed by atoms with Crippen LogP contribution >= 0.6 is 11.6 Å². The number of anilines is 2. The highest BCUT2D eigenvalue weighted by molar-refractivity contribution is 6.29. The largest absolute Gasteiger partial charge is 0.378 e. The number of ether oxygens (including phenoxy) is 1. The number of fused-ring (bicyclic) bond motifs is 1. The normalized spacial score (nSPS) is 14.7. The number of rotatable bonds is 4. The summed E-state index contributed by atoms with van der Waals surface area (Å²) in [4.78, 5) is 19.6. The predicted octanol–water partition coefficient (Wildman–Crippen LogP) is 2.52. The molecular weight excluding hydrogens is 340 g/mol. The molecule has 7 nitrogen and oxygen atoms in total. The average Bonchev–Trinajstić information content (AvgIpc) is 2.67. The number of benzene rings is 1. The summed E-state index contributed by atoms with van der Waals surface area (Å²) in [6.07, 6.45) is 1.52. The molecule has 0 saturated carbocycles. The Kier molecular flexibility index (Phi) is 4.58. The molecule has 0 bridgehead atoms. The molecule has 1 aliphatic heterocycles. The molecule has 8 heteroatoms. The smallest absolute Gasteiger partial charge is 0.225 e. The van der Waals surface area contributed by atoms with Crippen molar-refractivity contribution in [2.24, 2.45) is 0 Å². The Balaban J connectivity index is 1.69. The highest BCUT2D eigenvalue weighted by Crippen LogP contribution is 2.27. The van der Waals surface area contributed by atoms with E-state index >= 15 is 0 Å². The Hall–Kier alpha value is -2.51. The molecule has 128 valence electrons. The van der Waals surface area contributed by atoms with Gasteiger partial charge in [-0.3, -0.25) is 0 Å². The van der Waals surface area contributed by atoms with Gasteiger partial charge in [-0.05, 0) is 17.2 Å². The first kappa shape index (κ1) is 16.0. The average molecular weight is 357 g/mol. The molecule has 0 aliphatic carbocycles. The van der Waals surface area contributed by atoms with E-state index in [9.17, 15) is 0 Å². The van der Waals surface area contributed by atoms with Gasteiger partial charge in [-0.2, -0.15) is 4.98 Å². The molecule has 1 N–H and O–H groups in total. The third-order valence-electron chi connectivity index (χ3n) is 4.05. The summed E-state index contributed by atoms with van der Waals surface area (Å²) >= 11 is 6.17. The molecule has 2 aromatic heterocycles. The first-order valence-corrected chi connectivity index (χ1v) is 8.48. The minimum Gasteiger partial charge on any atom is -0.378 e. The van der Waals surface area contributed by atoms with Gasteiger partial charge in [0.05, 0.1) is 13.2 Å². The first-order chi connectivity index (χ1) is 12.3. The van der Waals surface area contributed by atoms with E-state index in [4.69, 9.17) is 16.3 Å². The van der Waals surface area contributed by atoms with Gasteiger partial charge in [0, 0.05) is 19.6 Å². The lowest BCUT2D eigenvalue weighted by Gasteiger charge is -2.28. The zero-order valence-corrected chi connectivity index (χ0v) is 14.3. The molecule has 0 unspecified atom stereocenters.